The number of fused-ring (bicyclic) bond motifs is 1. The van der Waals surface area contributed by atoms with Gasteiger partial charge in [0.1, 0.15) is 18.1 Å². The molecule has 1 heterocycles. The monoisotopic (exact) mass is 559 g/mol. The van der Waals surface area contributed by atoms with E-state index in [-0.39, 0.29) is 24.8 Å². The lowest BCUT2D eigenvalue weighted by Crippen LogP contribution is -2.37. The molecule has 0 saturated carbocycles. The highest BCUT2D eigenvalue weighted by Crippen LogP contribution is 2.24. The molecule has 3 aromatic rings. The summed E-state index contributed by atoms with van der Waals surface area (Å²) in [6, 6.07) is 23.8. The van der Waals surface area contributed by atoms with Gasteiger partial charge in [-0.15, -0.1) is 0 Å². The summed E-state index contributed by atoms with van der Waals surface area (Å²) in [5.74, 6) is 1.50. The number of nitrogens with one attached hydrogen (secondary N) is 2. The minimum absolute atomic E-state index is 0.0198. The molecule has 3 aromatic carbocycles. The van der Waals surface area contributed by atoms with Gasteiger partial charge in [0.05, 0.1) is 26.2 Å². The summed E-state index contributed by atoms with van der Waals surface area (Å²) < 4.78 is 16.9. The molecular formula is C33H41N3O5. The number of carbonyl (C=O) groups is 2. The van der Waals surface area contributed by atoms with Crippen molar-refractivity contribution in [2.24, 2.45) is 0 Å². The van der Waals surface area contributed by atoms with Crippen molar-refractivity contribution in [3.05, 3.63) is 95.1 Å². The van der Waals surface area contributed by atoms with Gasteiger partial charge in [-0.2, -0.15) is 0 Å². The predicted octanol–water partition coefficient (Wildman–Crippen LogP) is 4.25. The highest BCUT2D eigenvalue weighted by Gasteiger charge is 2.17. The van der Waals surface area contributed by atoms with Crippen molar-refractivity contribution >= 4 is 11.8 Å². The second-order valence-corrected chi connectivity index (χ2v) is 10.3. The fourth-order valence-corrected chi connectivity index (χ4v) is 4.77. The first-order chi connectivity index (χ1) is 20.1. The van der Waals surface area contributed by atoms with Gasteiger partial charge in [0.2, 0.25) is 11.8 Å². The molecule has 4 rings (SSSR count). The molecule has 0 spiro atoms. The van der Waals surface area contributed by atoms with E-state index in [0.717, 1.165) is 53.0 Å². The second kappa shape index (κ2) is 16.4. The summed E-state index contributed by atoms with van der Waals surface area (Å²) in [6.45, 7) is 4.14. The van der Waals surface area contributed by atoms with E-state index in [1.807, 2.05) is 60.7 Å². The summed E-state index contributed by atoms with van der Waals surface area (Å²) >= 11 is 0. The van der Waals surface area contributed by atoms with E-state index < -0.39 is 0 Å². The predicted molar refractivity (Wildman–Crippen MR) is 159 cm³/mol. The number of hydrogen-bond acceptors (Lipinski definition) is 6. The van der Waals surface area contributed by atoms with Gasteiger partial charge in [0.25, 0.3) is 0 Å². The van der Waals surface area contributed by atoms with E-state index in [0.29, 0.717) is 46.0 Å². The number of rotatable bonds is 10. The van der Waals surface area contributed by atoms with E-state index in [9.17, 15) is 9.59 Å². The summed E-state index contributed by atoms with van der Waals surface area (Å²) in [5, 5.41) is 6.07. The molecule has 1 aliphatic heterocycles. The average molecular weight is 560 g/mol. The van der Waals surface area contributed by atoms with Crippen molar-refractivity contribution < 1.29 is 23.8 Å². The lowest BCUT2D eigenvalue weighted by molar-refractivity contribution is -0.122. The first-order valence-corrected chi connectivity index (χ1v) is 14.3. The number of carbonyl (C=O) groups excluding carboxylic acids is 2. The maximum absolute atomic E-state index is 12.9. The van der Waals surface area contributed by atoms with Gasteiger partial charge in [-0.05, 0) is 54.2 Å². The van der Waals surface area contributed by atoms with Crippen LogP contribution in [0.2, 0.25) is 0 Å². The molecule has 0 unspecified atom stereocenters. The molecule has 2 amide bonds. The molecule has 0 saturated heterocycles. The van der Waals surface area contributed by atoms with Crippen LogP contribution in [-0.4, -0.2) is 56.7 Å². The number of benzene rings is 3. The molecule has 218 valence electrons. The van der Waals surface area contributed by atoms with E-state index in [1.54, 1.807) is 7.11 Å². The maximum Gasteiger partial charge on any atom is 0.234 e. The van der Waals surface area contributed by atoms with Crippen molar-refractivity contribution in [3.8, 4) is 11.5 Å². The lowest BCUT2D eigenvalue weighted by atomic mass is 10.1. The van der Waals surface area contributed by atoms with Crippen molar-refractivity contribution in [1.82, 2.24) is 15.5 Å². The van der Waals surface area contributed by atoms with Crippen LogP contribution in [0.4, 0.5) is 0 Å². The Morgan fingerprint density at radius 3 is 2.63 bits per heavy atom. The quantitative estimate of drug-likeness (QED) is 0.361. The van der Waals surface area contributed by atoms with Crippen molar-refractivity contribution in [3.63, 3.8) is 0 Å². The van der Waals surface area contributed by atoms with E-state index >= 15 is 0 Å². The molecule has 0 aromatic heterocycles. The summed E-state index contributed by atoms with van der Waals surface area (Å²) in [4.78, 5) is 27.7. The Kier molecular flexibility index (Phi) is 12.0. The van der Waals surface area contributed by atoms with Gasteiger partial charge in [-0.3, -0.25) is 14.5 Å². The first kappa shape index (κ1) is 30.1. The van der Waals surface area contributed by atoms with Crippen LogP contribution in [0.3, 0.4) is 0 Å². The molecule has 0 atom stereocenters. The summed E-state index contributed by atoms with van der Waals surface area (Å²) in [5.41, 5.74) is 3.97. The van der Waals surface area contributed by atoms with E-state index in [4.69, 9.17) is 14.2 Å². The standard InChI is InChI=1S/C33H41N3O5/c1-39-17-18-40-30-12-8-11-28(20-30)22-35-32(37)21-27-13-14-31-29(19-27)24-36(23-26-9-4-2-5-10-26)25-33(38)34-15-6-3-7-16-41-31/h2,4-5,8-14,19-20H,3,6-7,15-18,21-25H2,1H3,(H,34,38)(H,35,37). The number of hydrogen-bond donors (Lipinski definition) is 2. The molecule has 0 fully saturated rings. The van der Waals surface area contributed by atoms with Crippen molar-refractivity contribution in [2.75, 3.05) is 40.0 Å². The molecule has 2 N–H and O–H groups in total. The van der Waals surface area contributed by atoms with E-state index in [2.05, 4.69) is 27.7 Å². The maximum atomic E-state index is 12.9. The van der Waals surface area contributed by atoms with Gasteiger partial charge in [0, 0.05) is 38.9 Å². The minimum Gasteiger partial charge on any atom is -0.493 e. The third kappa shape index (κ3) is 10.6. The SMILES string of the molecule is COCCOc1cccc(CNC(=O)Cc2ccc3c(c2)CN(Cc2ccccc2)CC(=O)NCCCCCO3)c1. The number of methoxy groups -OCH3 is 1. The third-order valence-electron chi connectivity index (χ3n) is 6.84. The zero-order chi connectivity index (χ0) is 28.7. The second-order valence-electron chi connectivity index (χ2n) is 10.3. The fourth-order valence-electron chi connectivity index (χ4n) is 4.77. The van der Waals surface area contributed by atoms with Crippen molar-refractivity contribution in [1.29, 1.82) is 0 Å². The highest BCUT2D eigenvalue weighted by atomic mass is 16.5. The number of amides is 2. The molecule has 0 bridgehead atoms. The molecule has 8 heteroatoms. The summed E-state index contributed by atoms with van der Waals surface area (Å²) in [7, 11) is 1.64. The molecule has 41 heavy (non-hydrogen) atoms. The zero-order valence-corrected chi connectivity index (χ0v) is 23.9. The van der Waals surface area contributed by atoms with Gasteiger partial charge in [0.15, 0.2) is 0 Å². The van der Waals surface area contributed by atoms with Crippen LogP contribution >= 0.6 is 0 Å². The Labute approximate surface area is 243 Å². The van der Waals surface area contributed by atoms with Crippen LogP contribution in [0.15, 0.2) is 72.8 Å². The van der Waals surface area contributed by atoms with Gasteiger partial charge in [-0.25, -0.2) is 0 Å². The topological polar surface area (TPSA) is 89.1 Å². The average Bonchev–Trinajstić information content (AvgIpc) is 2.98. The Hall–Kier alpha value is -3.88. The van der Waals surface area contributed by atoms with Crippen LogP contribution in [-0.2, 0) is 40.4 Å². The van der Waals surface area contributed by atoms with Gasteiger partial charge in [-0.1, -0.05) is 54.6 Å². The molecule has 8 nitrogen and oxygen atoms in total. The third-order valence-corrected chi connectivity index (χ3v) is 6.84. The van der Waals surface area contributed by atoms with Gasteiger partial charge >= 0.3 is 0 Å². The van der Waals surface area contributed by atoms with Crippen LogP contribution in [0.5, 0.6) is 11.5 Å². The highest BCUT2D eigenvalue weighted by molar-refractivity contribution is 5.79. The minimum atomic E-state index is -0.0678. The molecule has 0 radical (unpaired) electrons. The Bertz CT molecular complexity index is 1250. The van der Waals surface area contributed by atoms with Crippen LogP contribution in [0.1, 0.15) is 41.5 Å². The Balaban J connectivity index is 1.44. The summed E-state index contributed by atoms with van der Waals surface area (Å²) in [6.07, 6.45) is 3.09. The first-order valence-electron chi connectivity index (χ1n) is 14.3. The van der Waals surface area contributed by atoms with Gasteiger partial charge < -0.3 is 24.8 Å². The van der Waals surface area contributed by atoms with Crippen LogP contribution in [0.25, 0.3) is 0 Å². The van der Waals surface area contributed by atoms with Crippen LogP contribution < -0.4 is 20.1 Å². The molecule has 1 aliphatic rings. The number of ether oxygens (including phenoxy) is 3. The fraction of sp³-hybridized carbons (Fsp3) is 0.394. The Morgan fingerprint density at radius 2 is 1.78 bits per heavy atom. The van der Waals surface area contributed by atoms with Crippen molar-refractivity contribution in [2.45, 2.75) is 45.3 Å². The normalized spacial score (nSPS) is 14.8. The molecular weight excluding hydrogens is 518 g/mol. The largest absolute Gasteiger partial charge is 0.493 e. The smallest absolute Gasteiger partial charge is 0.234 e. The lowest BCUT2D eigenvalue weighted by Gasteiger charge is -2.23. The van der Waals surface area contributed by atoms with Crippen LogP contribution in [0, 0.1) is 0 Å². The molecule has 0 aliphatic carbocycles. The Morgan fingerprint density at radius 1 is 0.927 bits per heavy atom. The number of nitrogens with zero attached hydrogens (tertiary/aromatic N) is 1. The zero-order valence-electron chi connectivity index (χ0n) is 23.9. The van der Waals surface area contributed by atoms with E-state index in [1.165, 1.54) is 0 Å².